The van der Waals surface area contributed by atoms with E-state index < -0.39 is 28.5 Å². The second-order valence-electron chi connectivity index (χ2n) is 9.17. The number of amides is 2. The molecule has 208 valence electrons. The lowest BCUT2D eigenvalue weighted by molar-refractivity contribution is -0.140. The number of rotatable bonds is 12. The van der Waals surface area contributed by atoms with Gasteiger partial charge >= 0.3 is 0 Å². The van der Waals surface area contributed by atoms with Gasteiger partial charge < -0.3 is 10.2 Å². The Balaban J connectivity index is 2.04. The number of hydrogen-bond donors (Lipinski definition) is 1. The molecular weight excluding hydrogens is 602 g/mol. The number of nitrogens with zero attached hydrogens (tertiary/aromatic N) is 2. The van der Waals surface area contributed by atoms with Gasteiger partial charge in [0.05, 0.1) is 10.6 Å². The summed E-state index contributed by atoms with van der Waals surface area (Å²) in [6, 6.07) is 19.5. The summed E-state index contributed by atoms with van der Waals surface area (Å²) in [5.74, 6) is -0.781. The molecule has 0 saturated heterocycles. The summed E-state index contributed by atoms with van der Waals surface area (Å²) in [5, 5.41) is 3.43. The van der Waals surface area contributed by atoms with Crippen LogP contribution in [-0.2, 0) is 26.2 Å². The molecule has 1 atom stereocenters. The number of anilines is 1. The number of carbonyl (C=O) groups excluding carboxylic acids is 2. The highest BCUT2D eigenvalue weighted by molar-refractivity contribution is 9.10. The molecule has 0 spiro atoms. The fraction of sp³-hybridized carbons (Fsp3) is 0.310. The van der Waals surface area contributed by atoms with Crippen LogP contribution in [0.4, 0.5) is 5.69 Å². The van der Waals surface area contributed by atoms with E-state index in [0.29, 0.717) is 28.1 Å². The van der Waals surface area contributed by atoms with Crippen molar-refractivity contribution in [3.05, 3.63) is 93.4 Å². The summed E-state index contributed by atoms with van der Waals surface area (Å²) < 4.78 is 29.5. The van der Waals surface area contributed by atoms with Crippen molar-refractivity contribution in [3.8, 4) is 0 Å². The van der Waals surface area contributed by atoms with E-state index in [0.717, 1.165) is 21.9 Å². The summed E-state index contributed by atoms with van der Waals surface area (Å²) in [7, 11) is -4.11. The molecule has 0 heterocycles. The van der Waals surface area contributed by atoms with E-state index in [1.165, 1.54) is 17.0 Å². The second-order valence-corrected chi connectivity index (χ2v) is 12.4. The van der Waals surface area contributed by atoms with E-state index >= 15 is 0 Å². The monoisotopic (exact) mass is 633 g/mol. The Morgan fingerprint density at radius 2 is 1.67 bits per heavy atom. The third-order valence-electron chi connectivity index (χ3n) is 6.19. The van der Waals surface area contributed by atoms with E-state index in [1.54, 1.807) is 60.7 Å². The van der Waals surface area contributed by atoms with E-state index in [4.69, 9.17) is 11.6 Å². The van der Waals surface area contributed by atoms with Gasteiger partial charge in [-0.2, -0.15) is 0 Å². The summed E-state index contributed by atoms with van der Waals surface area (Å²) in [5.41, 5.74) is 2.01. The van der Waals surface area contributed by atoms with Crippen LogP contribution in [-0.4, -0.2) is 44.3 Å². The minimum atomic E-state index is -4.11. The van der Waals surface area contributed by atoms with E-state index in [2.05, 4.69) is 21.2 Å². The minimum Gasteiger partial charge on any atom is -0.354 e. The largest absolute Gasteiger partial charge is 0.354 e. The molecule has 0 fully saturated rings. The molecule has 3 aromatic rings. The molecule has 0 aliphatic carbocycles. The Morgan fingerprint density at radius 1 is 1.00 bits per heavy atom. The van der Waals surface area contributed by atoms with Crippen LogP contribution in [0, 0.1) is 6.92 Å². The Morgan fingerprint density at radius 3 is 2.26 bits per heavy atom. The Hall–Kier alpha value is -2.88. The zero-order chi connectivity index (χ0) is 28.6. The second kappa shape index (κ2) is 14.0. The van der Waals surface area contributed by atoms with Crippen LogP contribution in [0.25, 0.3) is 0 Å². The Kier molecular flexibility index (Phi) is 11.0. The highest BCUT2D eigenvalue weighted by atomic mass is 79.9. The van der Waals surface area contributed by atoms with Crippen molar-refractivity contribution in [1.29, 1.82) is 0 Å². The van der Waals surface area contributed by atoms with Gasteiger partial charge in [0.25, 0.3) is 10.0 Å². The van der Waals surface area contributed by atoms with Crippen LogP contribution in [0.2, 0.25) is 5.02 Å². The van der Waals surface area contributed by atoms with Crippen molar-refractivity contribution < 1.29 is 18.0 Å². The fourth-order valence-corrected chi connectivity index (χ4v) is 5.99. The van der Waals surface area contributed by atoms with E-state index in [9.17, 15) is 18.0 Å². The van der Waals surface area contributed by atoms with Crippen molar-refractivity contribution in [1.82, 2.24) is 10.2 Å². The highest BCUT2D eigenvalue weighted by Crippen LogP contribution is 2.27. The van der Waals surface area contributed by atoms with Gasteiger partial charge in [-0.3, -0.25) is 13.9 Å². The quantitative estimate of drug-likeness (QED) is 0.267. The van der Waals surface area contributed by atoms with Gasteiger partial charge in [0.15, 0.2) is 0 Å². The molecule has 0 saturated carbocycles. The molecule has 1 N–H and O–H groups in total. The standard InChI is InChI=1S/C29H33BrClN3O4S/c1-4-17-32-29(36)27(5-2)33(19-22-11-13-24(31)14-12-22)28(35)20-34(25-8-6-7-23(30)18-25)39(37,38)26-15-9-21(3)10-16-26/h6-16,18,27H,4-5,17,19-20H2,1-3H3,(H,32,36). The molecule has 39 heavy (non-hydrogen) atoms. The van der Waals surface area contributed by atoms with E-state index in [1.807, 2.05) is 20.8 Å². The molecule has 0 aliphatic rings. The number of carbonyl (C=O) groups is 2. The maximum atomic E-state index is 14.0. The highest BCUT2D eigenvalue weighted by Gasteiger charge is 2.33. The molecule has 7 nitrogen and oxygen atoms in total. The average molecular weight is 635 g/mol. The van der Waals surface area contributed by atoms with Crippen molar-refractivity contribution >= 4 is 55.1 Å². The minimum absolute atomic E-state index is 0.0675. The molecule has 0 aromatic heterocycles. The van der Waals surface area contributed by atoms with Gasteiger partial charge in [0, 0.05) is 22.6 Å². The predicted octanol–water partition coefficient (Wildman–Crippen LogP) is 5.94. The number of halogens is 2. The van der Waals surface area contributed by atoms with Crippen molar-refractivity contribution in [2.45, 2.75) is 51.1 Å². The van der Waals surface area contributed by atoms with Crippen LogP contribution < -0.4 is 9.62 Å². The van der Waals surface area contributed by atoms with Gasteiger partial charge in [0.2, 0.25) is 11.8 Å². The Labute approximate surface area is 244 Å². The number of aryl methyl sites for hydroxylation is 1. The van der Waals surface area contributed by atoms with Crippen molar-refractivity contribution in [3.63, 3.8) is 0 Å². The van der Waals surface area contributed by atoms with Gasteiger partial charge in [-0.15, -0.1) is 0 Å². The van der Waals surface area contributed by atoms with Crippen LogP contribution in [0.1, 0.15) is 37.8 Å². The fourth-order valence-electron chi connectivity index (χ4n) is 4.07. The normalized spacial score (nSPS) is 12.0. The number of hydrogen-bond acceptors (Lipinski definition) is 4. The maximum Gasteiger partial charge on any atom is 0.264 e. The molecule has 0 bridgehead atoms. The van der Waals surface area contributed by atoms with Crippen LogP contribution in [0.3, 0.4) is 0 Å². The maximum absolute atomic E-state index is 14.0. The van der Waals surface area contributed by atoms with Crippen LogP contribution in [0.15, 0.2) is 82.2 Å². The first-order valence-corrected chi connectivity index (χ1v) is 15.3. The Bertz CT molecular complexity index is 1380. The summed E-state index contributed by atoms with van der Waals surface area (Å²) in [6.45, 7) is 5.75. The number of nitrogens with one attached hydrogen (secondary N) is 1. The zero-order valence-electron chi connectivity index (χ0n) is 22.2. The molecule has 0 radical (unpaired) electrons. The van der Waals surface area contributed by atoms with Gasteiger partial charge in [0.1, 0.15) is 12.6 Å². The molecule has 3 aromatic carbocycles. The topological polar surface area (TPSA) is 86.8 Å². The first-order chi connectivity index (χ1) is 18.6. The van der Waals surface area contributed by atoms with Crippen LogP contribution in [0.5, 0.6) is 0 Å². The smallest absolute Gasteiger partial charge is 0.264 e. The lowest BCUT2D eigenvalue weighted by Gasteiger charge is -2.33. The third kappa shape index (κ3) is 8.06. The third-order valence-corrected chi connectivity index (χ3v) is 8.72. The lowest BCUT2D eigenvalue weighted by atomic mass is 10.1. The lowest BCUT2D eigenvalue weighted by Crippen LogP contribution is -2.52. The SMILES string of the molecule is CCCNC(=O)C(CC)N(Cc1ccc(Cl)cc1)C(=O)CN(c1cccc(Br)c1)S(=O)(=O)c1ccc(C)cc1. The van der Waals surface area contributed by atoms with Gasteiger partial charge in [-0.1, -0.05) is 77.3 Å². The molecule has 2 amide bonds. The molecule has 1 unspecified atom stereocenters. The molecule has 0 aliphatic heterocycles. The first-order valence-electron chi connectivity index (χ1n) is 12.7. The molecular formula is C29H33BrClN3O4S. The predicted molar refractivity (Wildman–Crippen MR) is 159 cm³/mol. The molecule has 10 heteroatoms. The van der Waals surface area contributed by atoms with E-state index in [-0.39, 0.29) is 17.3 Å². The van der Waals surface area contributed by atoms with Gasteiger partial charge in [-0.05, 0) is 67.8 Å². The van der Waals surface area contributed by atoms with Crippen molar-refractivity contribution in [2.75, 3.05) is 17.4 Å². The van der Waals surface area contributed by atoms with Gasteiger partial charge in [-0.25, -0.2) is 8.42 Å². The summed E-state index contributed by atoms with van der Waals surface area (Å²) >= 11 is 9.46. The summed E-state index contributed by atoms with van der Waals surface area (Å²) in [6.07, 6.45) is 1.11. The number of benzene rings is 3. The van der Waals surface area contributed by atoms with Crippen LogP contribution >= 0.6 is 27.5 Å². The first kappa shape index (κ1) is 30.7. The van der Waals surface area contributed by atoms with Crippen molar-refractivity contribution in [2.24, 2.45) is 0 Å². The molecule has 3 rings (SSSR count). The summed E-state index contributed by atoms with van der Waals surface area (Å²) in [4.78, 5) is 28.6. The average Bonchev–Trinajstić information content (AvgIpc) is 2.91. The number of sulfonamides is 1. The zero-order valence-corrected chi connectivity index (χ0v) is 25.4.